The summed E-state index contributed by atoms with van der Waals surface area (Å²) in [5.41, 5.74) is 1.18. The first-order valence-electron chi connectivity index (χ1n) is 7.42. The van der Waals surface area contributed by atoms with Gasteiger partial charge in [0.1, 0.15) is 17.1 Å². The summed E-state index contributed by atoms with van der Waals surface area (Å²) in [6.07, 6.45) is 2.34. The molecule has 2 aromatic rings. The third-order valence-corrected chi connectivity index (χ3v) is 4.02. The molecule has 0 saturated heterocycles. The quantitative estimate of drug-likeness (QED) is 0.887. The number of hydrogen-bond donors (Lipinski definition) is 2. The van der Waals surface area contributed by atoms with E-state index in [0.29, 0.717) is 13.0 Å². The Morgan fingerprint density at radius 3 is 2.38 bits per heavy atom. The number of carbonyl (C=O) groups is 1. The third kappa shape index (κ3) is 2.95. The van der Waals surface area contributed by atoms with Gasteiger partial charge in [-0.25, -0.2) is 8.78 Å². The lowest BCUT2D eigenvalue weighted by Gasteiger charge is -2.27. The van der Waals surface area contributed by atoms with E-state index >= 15 is 0 Å². The summed E-state index contributed by atoms with van der Waals surface area (Å²) in [6.45, 7) is 0.518. The summed E-state index contributed by atoms with van der Waals surface area (Å²) in [5.74, 6) is -3.61. The number of benzene rings is 2. The van der Waals surface area contributed by atoms with Gasteiger partial charge in [-0.15, -0.1) is 0 Å². The van der Waals surface area contributed by atoms with Crippen LogP contribution in [0.15, 0.2) is 42.5 Å². The maximum Gasteiger partial charge on any atom is 0.260 e. The van der Waals surface area contributed by atoms with Gasteiger partial charge in [-0.1, -0.05) is 18.2 Å². The van der Waals surface area contributed by atoms with Gasteiger partial charge in [-0.2, -0.15) is 0 Å². The van der Waals surface area contributed by atoms with E-state index in [0.717, 1.165) is 23.3 Å². The second-order valence-electron chi connectivity index (χ2n) is 5.53. The largest absolute Gasteiger partial charge is 0.508 e. The fourth-order valence-electron chi connectivity index (χ4n) is 2.69. The van der Waals surface area contributed by atoms with Crippen molar-refractivity contribution in [1.82, 2.24) is 4.90 Å². The molecule has 0 radical (unpaired) electrons. The minimum absolute atomic E-state index is 0.168. The summed E-state index contributed by atoms with van der Waals surface area (Å²) >= 11 is 0. The number of amides is 1. The van der Waals surface area contributed by atoms with E-state index in [1.165, 1.54) is 4.90 Å². The van der Waals surface area contributed by atoms with E-state index in [9.17, 15) is 23.8 Å². The highest BCUT2D eigenvalue weighted by molar-refractivity contribution is 5.95. The highest BCUT2D eigenvalue weighted by Gasteiger charge is 2.26. The van der Waals surface area contributed by atoms with Crippen LogP contribution < -0.4 is 0 Å². The zero-order valence-corrected chi connectivity index (χ0v) is 12.7. The molecule has 0 bridgehead atoms. The van der Waals surface area contributed by atoms with Crippen LogP contribution in [0.3, 0.4) is 0 Å². The molecule has 0 unspecified atom stereocenters. The van der Waals surface area contributed by atoms with Crippen LogP contribution in [0.1, 0.15) is 22.3 Å². The summed E-state index contributed by atoms with van der Waals surface area (Å²) in [5, 5.41) is 18.6. The van der Waals surface area contributed by atoms with Crippen LogP contribution in [0.2, 0.25) is 0 Å². The van der Waals surface area contributed by atoms with Gasteiger partial charge >= 0.3 is 0 Å². The topological polar surface area (TPSA) is 60.8 Å². The van der Waals surface area contributed by atoms with E-state index in [2.05, 4.69) is 0 Å². The number of hydrogen-bond acceptors (Lipinski definition) is 3. The molecule has 4 nitrogen and oxygen atoms in total. The summed E-state index contributed by atoms with van der Waals surface area (Å²) in [4.78, 5) is 13.7. The molecule has 124 valence electrons. The van der Waals surface area contributed by atoms with Crippen molar-refractivity contribution in [2.24, 2.45) is 0 Å². The first kappa shape index (κ1) is 16.0. The van der Waals surface area contributed by atoms with Crippen LogP contribution in [-0.2, 0) is 0 Å². The third-order valence-electron chi connectivity index (χ3n) is 4.02. The Balaban J connectivity index is 1.80. The number of halogens is 2. The molecule has 24 heavy (non-hydrogen) atoms. The van der Waals surface area contributed by atoms with Crippen molar-refractivity contribution in [3.05, 3.63) is 65.2 Å². The molecule has 0 saturated carbocycles. The molecule has 1 heterocycles. The Morgan fingerprint density at radius 1 is 1.04 bits per heavy atom. The van der Waals surface area contributed by atoms with Crippen LogP contribution in [0, 0.1) is 11.6 Å². The normalized spacial score (nSPS) is 14.4. The summed E-state index contributed by atoms with van der Waals surface area (Å²) in [7, 11) is 0. The molecular formula is C18H15F2NO3. The first-order valence-corrected chi connectivity index (χ1v) is 7.42. The average Bonchev–Trinajstić information content (AvgIpc) is 2.59. The Kier molecular flexibility index (Phi) is 4.20. The second-order valence-corrected chi connectivity index (χ2v) is 5.53. The SMILES string of the molecule is O=C(c1c(F)ccc(O)c1F)N1CC=C(c2ccc(O)cc2)CC1. The first-order chi connectivity index (χ1) is 11.5. The van der Waals surface area contributed by atoms with Crippen LogP contribution in [0.25, 0.3) is 5.57 Å². The van der Waals surface area contributed by atoms with E-state index in [4.69, 9.17) is 0 Å². The maximum atomic E-state index is 13.9. The molecule has 0 atom stereocenters. The number of aromatic hydroxyl groups is 2. The van der Waals surface area contributed by atoms with Crippen molar-refractivity contribution < 1.29 is 23.8 Å². The number of phenolic OH excluding ortho intramolecular Hbond substituents is 2. The minimum atomic E-state index is -1.24. The lowest BCUT2D eigenvalue weighted by atomic mass is 9.99. The van der Waals surface area contributed by atoms with Gasteiger partial charge in [0.15, 0.2) is 11.6 Å². The van der Waals surface area contributed by atoms with Gasteiger partial charge in [0.2, 0.25) is 0 Å². The smallest absolute Gasteiger partial charge is 0.260 e. The zero-order valence-electron chi connectivity index (χ0n) is 12.7. The fraction of sp³-hybridized carbons (Fsp3) is 0.167. The molecule has 0 fully saturated rings. The lowest BCUT2D eigenvalue weighted by molar-refractivity contribution is 0.0762. The summed E-state index contributed by atoms with van der Waals surface area (Å²) in [6, 6.07) is 8.44. The van der Waals surface area contributed by atoms with Gasteiger partial charge < -0.3 is 15.1 Å². The monoisotopic (exact) mass is 331 g/mol. The Bertz CT molecular complexity index is 816. The average molecular weight is 331 g/mol. The van der Waals surface area contributed by atoms with Gasteiger partial charge in [0.25, 0.3) is 5.91 Å². The number of rotatable bonds is 2. The van der Waals surface area contributed by atoms with Crippen molar-refractivity contribution >= 4 is 11.5 Å². The Morgan fingerprint density at radius 2 is 1.75 bits per heavy atom. The van der Waals surface area contributed by atoms with Crippen LogP contribution >= 0.6 is 0 Å². The van der Waals surface area contributed by atoms with Crippen molar-refractivity contribution in [3.63, 3.8) is 0 Å². The van der Waals surface area contributed by atoms with Crippen LogP contribution in [0.4, 0.5) is 8.78 Å². The van der Waals surface area contributed by atoms with E-state index in [1.807, 2.05) is 6.08 Å². The fourth-order valence-corrected chi connectivity index (χ4v) is 2.69. The van der Waals surface area contributed by atoms with Gasteiger partial charge in [-0.05, 0) is 41.8 Å². The molecule has 3 rings (SSSR count). The van der Waals surface area contributed by atoms with E-state index in [-0.39, 0.29) is 12.3 Å². The van der Waals surface area contributed by atoms with E-state index < -0.39 is 28.9 Å². The molecule has 1 aliphatic rings. The Hall–Kier alpha value is -2.89. The predicted molar refractivity (Wildman–Crippen MR) is 84.6 cm³/mol. The van der Waals surface area contributed by atoms with Gasteiger partial charge in [0, 0.05) is 13.1 Å². The van der Waals surface area contributed by atoms with E-state index in [1.54, 1.807) is 24.3 Å². The van der Waals surface area contributed by atoms with Crippen LogP contribution in [-0.4, -0.2) is 34.1 Å². The van der Waals surface area contributed by atoms with Crippen molar-refractivity contribution in [2.45, 2.75) is 6.42 Å². The molecule has 2 N–H and O–H groups in total. The predicted octanol–water partition coefficient (Wildman–Crippen LogP) is 3.31. The number of nitrogens with zero attached hydrogens (tertiary/aromatic N) is 1. The molecule has 1 amide bonds. The summed E-state index contributed by atoms with van der Waals surface area (Å²) < 4.78 is 27.6. The molecule has 2 aromatic carbocycles. The van der Waals surface area contributed by atoms with Crippen molar-refractivity contribution in [3.8, 4) is 11.5 Å². The lowest BCUT2D eigenvalue weighted by Crippen LogP contribution is -2.35. The van der Waals surface area contributed by atoms with Crippen LogP contribution in [0.5, 0.6) is 11.5 Å². The minimum Gasteiger partial charge on any atom is -0.508 e. The number of carbonyl (C=O) groups excluding carboxylic acids is 1. The van der Waals surface area contributed by atoms with Crippen molar-refractivity contribution in [2.75, 3.05) is 13.1 Å². The number of phenols is 2. The zero-order chi connectivity index (χ0) is 17.3. The van der Waals surface area contributed by atoms with Gasteiger partial charge in [-0.3, -0.25) is 4.79 Å². The second kappa shape index (κ2) is 6.31. The molecule has 0 spiro atoms. The standard InChI is InChI=1S/C18H15F2NO3/c19-14-5-6-15(23)17(20)16(14)18(24)21-9-7-12(8-10-21)11-1-3-13(22)4-2-11/h1-7,22-23H,8-10H2. The molecule has 6 heteroatoms. The maximum absolute atomic E-state index is 13.9. The molecule has 1 aliphatic heterocycles. The molecule has 0 aromatic heterocycles. The molecular weight excluding hydrogens is 316 g/mol. The van der Waals surface area contributed by atoms with Crippen molar-refractivity contribution in [1.29, 1.82) is 0 Å². The van der Waals surface area contributed by atoms with Gasteiger partial charge in [0.05, 0.1) is 0 Å². The Labute approximate surface area is 137 Å². The highest BCUT2D eigenvalue weighted by Crippen LogP contribution is 2.27. The molecule has 0 aliphatic carbocycles. The highest BCUT2D eigenvalue weighted by atomic mass is 19.1.